The van der Waals surface area contributed by atoms with Gasteiger partial charge in [-0.1, -0.05) is 13.3 Å². The zero-order chi connectivity index (χ0) is 7.56. The molecule has 1 aliphatic rings. The molecule has 1 aliphatic carbocycles. The molecule has 1 fully saturated rings. The van der Waals surface area contributed by atoms with Gasteiger partial charge in [-0.25, -0.2) is 0 Å². The van der Waals surface area contributed by atoms with Crippen LogP contribution in [0.25, 0.3) is 0 Å². The number of nitrogens with two attached hydrogens (primary N) is 1. The smallest absolute Gasteiger partial charge is 0.0220 e. The predicted molar refractivity (Wildman–Crippen MR) is 43.8 cm³/mol. The van der Waals surface area contributed by atoms with E-state index in [4.69, 9.17) is 5.73 Å². The molecule has 60 valence electrons. The second-order valence-corrected chi connectivity index (χ2v) is 3.38. The molecule has 10 heavy (non-hydrogen) atoms. The van der Waals surface area contributed by atoms with E-state index in [1.807, 2.05) is 7.05 Å². The minimum atomic E-state index is 0.374. The largest absolute Gasteiger partial charge is 0.326 e. The first-order valence-corrected chi connectivity index (χ1v) is 4.18. The molecule has 0 saturated heterocycles. The van der Waals surface area contributed by atoms with E-state index in [9.17, 15) is 0 Å². The monoisotopic (exact) mass is 142 g/mol. The van der Waals surface area contributed by atoms with Crippen LogP contribution < -0.4 is 11.1 Å². The summed E-state index contributed by atoms with van der Waals surface area (Å²) in [6, 6.07) is 0.933. The minimum Gasteiger partial charge on any atom is -0.326 e. The van der Waals surface area contributed by atoms with E-state index in [0.29, 0.717) is 18.0 Å². The van der Waals surface area contributed by atoms with E-state index in [1.165, 1.54) is 19.3 Å². The summed E-state index contributed by atoms with van der Waals surface area (Å²) in [6.07, 6.45) is 3.89. The molecule has 0 spiro atoms. The zero-order valence-electron chi connectivity index (χ0n) is 6.93. The standard InChI is InChI=1S/C8H18N2/c1-6-4-3-5-7(10-2)8(6)9/h6-8,10H,3-5,9H2,1-2H3/t6?,7-,8-/m0/s1. The quantitative estimate of drug-likeness (QED) is 0.566. The van der Waals surface area contributed by atoms with Crippen LogP contribution in [0.4, 0.5) is 0 Å². The number of nitrogens with one attached hydrogen (secondary N) is 1. The Bertz CT molecular complexity index is 103. The van der Waals surface area contributed by atoms with Crippen LogP contribution in [0.15, 0.2) is 0 Å². The van der Waals surface area contributed by atoms with Gasteiger partial charge in [0.1, 0.15) is 0 Å². The van der Waals surface area contributed by atoms with Crippen molar-refractivity contribution >= 4 is 0 Å². The molecular weight excluding hydrogens is 124 g/mol. The van der Waals surface area contributed by atoms with Crippen molar-refractivity contribution in [2.45, 2.75) is 38.3 Å². The van der Waals surface area contributed by atoms with Crippen molar-refractivity contribution in [1.82, 2.24) is 5.32 Å². The summed E-state index contributed by atoms with van der Waals surface area (Å²) >= 11 is 0. The first kappa shape index (κ1) is 8.02. The maximum atomic E-state index is 5.97. The van der Waals surface area contributed by atoms with Crippen molar-refractivity contribution in [2.24, 2.45) is 11.7 Å². The fraction of sp³-hybridized carbons (Fsp3) is 1.00. The molecule has 2 nitrogen and oxygen atoms in total. The van der Waals surface area contributed by atoms with Crippen LogP contribution in [-0.2, 0) is 0 Å². The van der Waals surface area contributed by atoms with E-state index in [2.05, 4.69) is 12.2 Å². The third-order valence-corrected chi connectivity index (χ3v) is 2.67. The van der Waals surface area contributed by atoms with Gasteiger partial charge in [0.15, 0.2) is 0 Å². The highest BCUT2D eigenvalue weighted by atomic mass is 14.9. The Morgan fingerprint density at radius 2 is 2.10 bits per heavy atom. The minimum absolute atomic E-state index is 0.374. The van der Waals surface area contributed by atoms with Gasteiger partial charge < -0.3 is 11.1 Å². The number of hydrogen-bond donors (Lipinski definition) is 2. The molecule has 1 saturated carbocycles. The molecule has 0 aliphatic heterocycles. The molecule has 0 heterocycles. The van der Waals surface area contributed by atoms with Crippen LogP contribution in [0.3, 0.4) is 0 Å². The molecule has 1 unspecified atom stereocenters. The molecule has 0 amide bonds. The van der Waals surface area contributed by atoms with Gasteiger partial charge in [-0.05, 0) is 25.8 Å². The highest BCUT2D eigenvalue weighted by Gasteiger charge is 2.25. The Kier molecular flexibility index (Phi) is 2.69. The van der Waals surface area contributed by atoms with Crippen molar-refractivity contribution in [3.63, 3.8) is 0 Å². The highest BCUT2D eigenvalue weighted by Crippen LogP contribution is 2.22. The van der Waals surface area contributed by atoms with Crippen molar-refractivity contribution in [3.05, 3.63) is 0 Å². The van der Waals surface area contributed by atoms with Gasteiger partial charge in [0, 0.05) is 12.1 Å². The fourth-order valence-electron chi connectivity index (χ4n) is 1.78. The Labute approximate surface area is 63.2 Å². The lowest BCUT2D eigenvalue weighted by molar-refractivity contribution is 0.266. The summed E-state index contributed by atoms with van der Waals surface area (Å²) < 4.78 is 0. The van der Waals surface area contributed by atoms with Crippen LogP contribution >= 0.6 is 0 Å². The molecule has 0 aromatic heterocycles. The Morgan fingerprint density at radius 1 is 1.40 bits per heavy atom. The average molecular weight is 142 g/mol. The third-order valence-electron chi connectivity index (χ3n) is 2.67. The van der Waals surface area contributed by atoms with Crippen LogP contribution in [-0.4, -0.2) is 19.1 Å². The molecule has 2 heteroatoms. The lowest BCUT2D eigenvalue weighted by Gasteiger charge is -2.33. The van der Waals surface area contributed by atoms with Gasteiger partial charge in [0.25, 0.3) is 0 Å². The number of rotatable bonds is 1. The SMILES string of the molecule is CN[C@H]1CCCC(C)[C@@H]1N. The summed E-state index contributed by atoms with van der Waals surface area (Å²) in [5.74, 6) is 0.700. The number of hydrogen-bond acceptors (Lipinski definition) is 2. The summed E-state index contributed by atoms with van der Waals surface area (Å²) in [6.45, 7) is 2.24. The number of likely N-dealkylation sites (N-methyl/N-ethyl adjacent to an activating group) is 1. The lowest BCUT2D eigenvalue weighted by atomic mass is 9.83. The van der Waals surface area contributed by atoms with E-state index < -0.39 is 0 Å². The van der Waals surface area contributed by atoms with Crippen molar-refractivity contribution in [1.29, 1.82) is 0 Å². The third kappa shape index (κ3) is 1.50. The van der Waals surface area contributed by atoms with Gasteiger partial charge in [0.2, 0.25) is 0 Å². The van der Waals surface area contributed by atoms with E-state index >= 15 is 0 Å². The van der Waals surface area contributed by atoms with Gasteiger partial charge in [-0.15, -0.1) is 0 Å². The van der Waals surface area contributed by atoms with Crippen LogP contribution in [0, 0.1) is 5.92 Å². The first-order valence-electron chi connectivity index (χ1n) is 4.18. The van der Waals surface area contributed by atoms with Gasteiger partial charge in [0.05, 0.1) is 0 Å². The van der Waals surface area contributed by atoms with Gasteiger partial charge >= 0.3 is 0 Å². The molecule has 3 N–H and O–H groups in total. The Hall–Kier alpha value is -0.0800. The second-order valence-electron chi connectivity index (χ2n) is 3.38. The maximum Gasteiger partial charge on any atom is 0.0220 e. The molecule has 0 radical (unpaired) electrons. The zero-order valence-corrected chi connectivity index (χ0v) is 6.93. The van der Waals surface area contributed by atoms with E-state index in [0.717, 1.165) is 0 Å². The molecule has 0 bridgehead atoms. The average Bonchev–Trinajstić information content (AvgIpc) is 1.95. The first-order chi connectivity index (χ1) is 4.75. The summed E-state index contributed by atoms with van der Waals surface area (Å²) in [4.78, 5) is 0. The topological polar surface area (TPSA) is 38.0 Å². The van der Waals surface area contributed by atoms with Crippen LogP contribution in [0.5, 0.6) is 0 Å². The predicted octanol–water partition coefficient (Wildman–Crippen LogP) is 0.722. The lowest BCUT2D eigenvalue weighted by Crippen LogP contribution is -2.49. The molecule has 0 aromatic carbocycles. The highest BCUT2D eigenvalue weighted by molar-refractivity contribution is 4.86. The summed E-state index contributed by atoms with van der Waals surface area (Å²) in [5.41, 5.74) is 5.97. The summed E-state index contributed by atoms with van der Waals surface area (Å²) in [7, 11) is 2.00. The molecule has 1 rings (SSSR count). The van der Waals surface area contributed by atoms with Crippen molar-refractivity contribution in [3.8, 4) is 0 Å². The fourth-order valence-corrected chi connectivity index (χ4v) is 1.78. The molecular formula is C8H18N2. The summed E-state index contributed by atoms with van der Waals surface area (Å²) in [5, 5.41) is 3.26. The van der Waals surface area contributed by atoms with E-state index in [-0.39, 0.29) is 0 Å². The molecule has 0 aromatic rings. The second kappa shape index (κ2) is 3.35. The van der Waals surface area contributed by atoms with E-state index in [1.54, 1.807) is 0 Å². The Morgan fingerprint density at radius 3 is 2.60 bits per heavy atom. The molecule has 3 atom stereocenters. The van der Waals surface area contributed by atoms with Crippen molar-refractivity contribution < 1.29 is 0 Å². The van der Waals surface area contributed by atoms with Gasteiger partial charge in [-0.3, -0.25) is 0 Å². The van der Waals surface area contributed by atoms with Crippen LogP contribution in [0.2, 0.25) is 0 Å². The maximum absolute atomic E-state index is 5.97. The Balaban J connectivity index is 2.42. The van der Waals surface area contributed by atoms with Crippen molar-refractivity contribution in [2.75, 3.05) is 7.05 Å². The normalized spacial score (nSPS) is 41.7. The van der Waals surface area contributed by atoms with Crippen LogP contribution in [0.1, 0.15) is 26.2 Å². The van der Waals surface area contributed by atoms with Gasteiger partial charge in [-0.2, -0.15) is 0 Å².